The van der Waals surface area contributed by atoms with Crippen molar-refractivity contribution < 1.29 is 17.9 Å². The lowest BCUT2D eigenvalue weighted by Crippen LogP contribution is -2.04. The molecule has 158 valence electrons. The van der Waals surface area contributed by atoms with Gasteiger partial charge in [-0.2, -0.15) is 13.2 Å². The molecule has 1 N–H and O–H groups in total. The molecule has 4 nitrogen and oxygen atoms in total. The van der Waals surface area contributed by atoms with Crippen molar-refractivity contribution in [2.75, 3.05) is 0 Å². The van der Waals surface area contributed by atoms with Gasteiger partial charge in [-0.05, 0) is 55.8 Å². The van der Waals surface area contributed by atoms with Crippen molar-refractivity contribution in [1.82, 2.24) is 15.0 Å². The SMILES string of the molecule is Cc1ccc(COc2ccc(-c3c[nH]c(-c4ccc(C(F)(F)F)cc4)n3)cc2C)cn1. The number of aromatic nitrogens is 3. The van der Waals surface area contributed by atoms with Crippen LogP contribution in [0.2, 0.25) is 0 Å². The molecule has 0 spiro atoms. The number of aromatic amines is 1. The number of hydrogen-bond donors (Lipinski definition) is 1. The topological polar surface area (TPSA) is 50.8 Å². The Morgan fingerprint density at radius 1 is 0.935 bits per heavy atom. The summed E-state index contributed by atoms with van der Waals surface area (Å²) in [5, 5.41) is 0. The predicted molar refractivity (Wildman–Crippen MR) is 113 cm³/mol. The number of hydrogen-bond acceptors (Lipinski definition) is 3. The zero-order valence-electron chi connectivity index (χ0n) is 17.0. The normalized spacial score (nSPS) is 11.5. The smallest absolute Gasteiger partial charge is 0.416 e. The van der Waals surface area contributed by atoms with E-state index in [0.29, 0.717) is 23.7 Å². The van der Waals surface area contributed by atoms with E-state index in [-0.39, 0.29) is 0 Å². The summed E-state index contributed by atoms with van der Waals surface area (Å²) in [5.41, 5.74) is 4.39. The van der Waals surface area contributed by atoms with Gasteiger partial charge >= 0.3 is 6.18 Å². The summed E-state index contributed by atoms with van der Waals surface area (Å²) in [5.74, 6) is 1.27. The lowest BCUT2D eigenvalue weighted by molar-refractivity contribution is -0.137. The molecule has 7 heteroatoms. The Labute approximate surface area is 177 Å². The van der Waals surface area contributed by atoms with Crippen LogP contribution in [-0.4, -0.2) is 15.0 Å². The molecule has 2 heterocycles. The molecule has 31 heavy (non-hydrogen) atoms. The second-order valence-electron chi connectivity index (χ2n) is 7.29. The van der Waals surface area contributed by atoms with E-state index < -0.39 is 11.7 Å². The third kappa shape index (κ3) is 4.77. The first-order valence-corrected chi connectivity index (χ1v) is 9.68. The van der Waals surface area contributed by atoms with Crippen LogP contribution < -0.4 is 4.74 Å². The zero-order valence-corrected chi connectivity index (χ0v) is 17.0. The minimum absolute atomic E-state index is 0.425. The Kier molecular flexibility index (Phi) is 5.50. The Balaban J connectivity index is 1.48. The summed E-state index contributed by atoms with van der Waals surface area (Å²) in [6.07, 6.45) is -0.823. The first-order valence-electron chi connectivity index (χ1n) is 9.68. The zero-order chi connectivity index (χ0) is 22.0. The summed E-state index contributed by atoms with van der Waals surface area (Å²) in [6, 6.07) is 14.6. The summed E-state index contributed by atoms with van der Waals surface area (Å²) in [7, 11) is 0. The van der Waals surface area contributed by atoms with E-state index in [2.05, 4.69) is 15.0 Å². The van der Waals surface area contributed by atoms with Gasteiger partial charge in [0, 0.05) is 34.8 Å². The third-order valence-electron chi connectivity index (χ3n) is 4.90. The number of alkyl halides is 3. The van der Waals surface area contributed by atoms with Crippen LogP contribution in [0.3, 0.4) is 0 Å². The average Bonchev–Trinajstić information content (AvgIpc) is 3.24. The number of pyridine rings is 1. The molecule has 0 aliphatic heterocycles. The van der Waals surface area contributed by atoms with Crippen molar-refractivity contribution in [2.45, 2.75) is 26.6 Å². The van der Waals surface area contributed by atoms with Crippen molar-refractivity contribution >= 4 is 0 Å². The fourth-order valence-corrected chi connectivity index (χ4v) is 3.15. The fourth-order valence-electron chi connectivity index (χ4n) is 3.15. The van der Waals surface area contributed by atoms with Gasteiger partial charge < -0.3 is 9.72 Å². The van der Waals surface area contributed by atoms with E-state index in [1.807, 2.05) is 44.2 Å². The number of aryl methyl sites for hydroxylation is 2. The van der Waals surface area contributed by atoms with Gasteiger partial charge in [-0.1, -0.05) is 18.2 Å². The molecular formula is C24H20F3N3O. The molecule has 0 saturated carbocycles. The van der Waals surface area contributed by atoms with Crippen LogP contribution in [0.4, 0.5) is 13.2 Å². The first-order chi connectivity index (χ1) is 14.8. The van der Waals surface area contributed by atoms with Crippen LogP contribution in [0.5, 0.6) is 5.75 Å². The lowest BCUT2D eigenvalue weighted by Gasteiger charge is -2.10. The molecule has 4 aromatic rings. The largest absolute Gasteiger partial charge is 0.489 e. The van der Waals surface area contributed by atoms with E-state index in [1.54, 1.807) is 12.4 Å². The molecule has 0 aliphatic rings. The number of ether oxygens (including phenoxy) is 1. The Morgan fingerprint density at radius 2 is 1.68 bits per heavy atom. The minimum atomic E-state index is -4.36. The molecule has 0 unspecified atom stereocenters. The van der Waals surface area contributed by atoms with Gasteiger partial charge in [0.25, 0.3) is 0 Å². The molecule has 2 aromatic carbocycles. The minimum Gasteiger partial charge on any atom is -0.489 e. The van der Waals surface area contributed by atoms with Crippen LogP contribution >= 0.6 is 0 Å². The molecule has 0 atom stereocenters. The number of rotatable bonds is 5. The maximum atomic E-state index is 12.7. The standard InChI is InChI=1S/C24H20F3N3O/c1-15-11-19(7-10-22(15)31-14-17-4-3-16(2)28-12-17)21-13-29-23(30-21)18-5-8-20(9-6-18)24(25,26)27/h3-13H,14H2,1-2H3,(H,29,30). The number of nitrogens with zero attached hydrogens (tertiary/aromatic N) is 2. The maximum absolute atomic E-state index is 12.7. The Hall–Kier alpha value is -3.61. The van der Waals surface area contributed by atoms with E-state index in [0.717, 1.165) is 40.3 Å². The summed E-state index contributed by atoms with van der Waals surface area (Å²) in [4.78, 5) is 11.8. The highest BCUT2D eigenvalue weighted by atomic mass is 19.4. The molecule has 0 radical (unpaired) electrons. The number of H-pyrrole nitrogens is 1. The van der Waals surface area contributed by atoms with E-state index in [9.17, 15) is 13.2 Å². The third-order valence-corrected chi connectivity index (χ3v) is 4.90. The number of nitrogens with one attached hydrogen (secondary N) is 1. The van der Waals surface area contributed by atoms with E-state index >= 15 is 0 Å². The van der Waals surface area contributed by atoms with Gasteiger partial charge in [-0.25, -0.2) is 4.98 Å². The van der Waals surface area contributed by atoms with Gasteiger partial charge in [0.2, 0.25) is 0 Å². The van der Waals surface area contributed by atoms with Crippen LogP contribution in [0.25, 0.3) is 22.6 Å². The van der Waals surface area contributed by atoms with Crippen molar-refractivity contribution in [3.05, 3.63) is 89.4 Å². The van der Waals surface area contributed by atoms with Crippen molar-refractivity contribution in [3.63, 3.8) is 0 Å². The van der Waals surface area contributed by atoms with E-state index in [1.165, 1.54) is 12.1 Å². The highest BCUT2D eigenvalue weighted by Crippen LogP contribution is 2.31. The van der Waals surface area contributed by atoms with Crippen molar-refractivity contribution in [3.8, 4) is 28.4 Å². The van der Waals surface area contributed by atoms with Gasteiger partial charge in [0.15, 0.2) is 0 Å². The molecular weight excluding hydrogens is 403 g/mol. The van der Waals surface area contributed by atoms with Gasteiger partial charge in [0.05, 0.1) is 11.3 Å². The Morgan fingerprint density at radius 3 is 2.32 bits per heavy atom. The highest BCUT2D eigenvalue weighted by Gasteiger charge is 2.30. The number of benzene rings is 2. The second-order valence-corrected chi connectivity index (χ2v) is 7.29. The fraction of sp³-hybridized carbons (Fsp3) is 0.167. The summed E-state index contributed by atoms with van der Waals surface area (Å²) < 4.78 is 44.2. The average molecular weight is 423 g/mol. The molecule has 0 amide bonds. The van der Waals surface area contributed by atoms with Crippen LogP contribution in [0.1, 0.15) is 22.4 Å². The summed E-state index contributed by atoms with van der Waals surface area (Å²) >= 11 is 0. The molecule has 0 bridgehead atoms. The molecule has 0 aliphatic carbocycles. The van der Waals surface area contributed by atoms with Crippen molar-refractivity contribution in [2.24, 2.45) is 0 Å². The lowest BCUT2D eigenvalue weighted by atomic mass is 10.1. The quantitative estimate of drug-likeness (QED) is 0.407. The van der Waals surface area contributed by atoms with Crippen LogP contribution in [0.15, 0.2) is 67.0 Å². The monoisotopic (exact) mass is 423 g/mol. The summed E-state index contributed by atoms with van der Waals surface area (Å²) in [6.45, 7) is 4.31. The first kappa shape index (κ1) is 20.7. The molecule has 4 rings (SSSR count). The number of halogens is 3. The van der Waals surface area contributed by atoms with Crippen LogP contribution in [-0.2, 0) is 12.8 Å². The maximum Gasteiger partial charge on any atom is 0.416 e. The number of imidazole rings is 1. The van der Waals surface area contributed by atoms with Gasteiger partial charge in [-0.15, -0.1) is 0 Å². The predicted octanol–water partition coefficient (Wildman–Crippen LogP) is 6.35. The second kappa shape index (κ2) is 8.26. The van der Waals surface area contributed by atoms with Gasteiger partial charge in [-0.3, -0.25) is 4.98 Å². The Bertz CT molecular complexity index is 1180. The van der Waals surface area contributed by atoms with Gasteiger partial charge in [0.1, 0.15) is 18.2 Å². The molecule has 0 fully saturated rings. The highest BCUT2D eigenvalue weighted by molar-refractivity contribution is 5.66. The van der Waals surface area contributed by atoms with Crippen LogP contribution in [0, 0.1) is 13.8 Å². The molecule has 2 aromatic heterocycles. The molecule has 0 saturated heterocycles. The van der Waals surface area contributed by atoms with Crippen molar-refractivity contribution in [1.29, 1.82) is 0 Å². The van der Waals surface area contributed by atoms with E-state index in [4.69, 9.17) is 4.74 Å².